The smallest absolute Gasteiger partial charge is 0.115 e. The van der Waals surface area contributed by atoms with Crippen LogP contribution in [0.4, 0.5) is 5.69 Å². The topological polar surface area (TPSA) is 37.8 Å². The molecular weight excluding hydrogens is 298 g/mol. The van der Waals surface area contributed by atoms with E-state index in [1.165, 1.54) is 33.5 Å². The molecule has 0 aliphatic heterocycles. The third kappa shape index (κ3) is 2.35. The molecule has 0 aromatic carbocycles. The zero-order valence-electron chi connectivity index (χ0n) is 9.19. The zero-order chi connectivity index (χ0) is 11.7. The molecule has 0 saturated carbocycles. The molecule has 2 aromatic rings. The van der Waals surface area contributed by atoms with Gasteiger partial charge in [-0.25, -0.2) is 9.97 Å². The predicted molar refractivity (Wildman–Crippen MR) is 73.4 cm³/mol. The first-order valence-corrected chi connectivity index (χ1v) is 7.23. The van der Waals surface area contributed by atoms with E-state index in [9.17, 15) is 0 Å². The largest absolute Gasteiger partial charge is 0.376 e. The van der Waals surface area contributed by atoms with Crippen molar-refractivity contribution < 1.29 is 0 Å². The van der Waals surface area contributed by atoms with Crippen molar-refractivity contribution in [2.75, 3.05) is 5.32 Å². The summed E-state index contributed by atoms with van der Waals surface area (Å²) in [6.07, 6.45) is 8.81. The van der Waals surface area contributed by atoms with E-state index < -0.39 is 0 Å². The molecule has 1 atom stereocenters. The lowest BCUT2D eigenvalue weighted by Gasteiger charge is -2.24. The Balaban J connectivity index is 1.86. The van der Waals surface area contributed by atoms with Gasteiger partial charge in [-0.3, -0.25) is 0 Å². The molecule has 5 heteroatoms. The monoisotopic (exact) mass is 309 g/mol. The summed E-state index contributed by atoms with van der Waals surface area (Å²) in [5, 5.41) is 3.51. The van der Waals surface area contributed by atoms with E-state index in [0.717, 1.165) is 5.69 Å². The SMILES string of the molecule is Brc1cc2c(s1)CCCC2Nc1cncnc1. The fraction of sp³-hybridized carbons (Fsp3) is 0.333. The second-order valence-corrected chi connectivity index (χ2v) is 6.66. The second kappa shape index (κ2) is 4.74. The molecule has 0 saturated heterocycles. The number of fused-ring (bicyclic) bond motifs is 1. The number of hydrogen-bond donors (Lipinski definition) is 1. The van der Waals surface area contributed by atoms with Crippen molar-refractivity contribution in [1.29, 1.82) is 0 Å². The van der Waals surface area contributed by atoms with Gasteiger partial charge in [0.25, 0.3) is 0 Å². The summed E-state index contributed by atoms with van der Waals surface area (Å²) in [4.78, 5) is 9.56. The molecule has 88 valence electrons. The lowest BCUT2D eigenvalue weighted by atomic mass is 9.94. The van der Waals surface area contributed by atoms with Crippen LogP contribution in [-0.2, 0) is 6.42 Å². The molecule has 1 aliphatic carbocycles. The van der Waals surface area contributed by atoms with Crippen molar-refractivity contribution >= 4 is 33.0 Å². The number of rotatable bonds is 2. The quantitative estimate of drug-likeness (QED) is 0.917. The molecule has 1 aliphatic rings. The molecule has 2 heterocycles. The average Bonchev–Trinajstić information content (AvgIpc) is 2.72. The number of anilines is 1. The minimum absolute atomic E-state index is 0.396. The van der Waals surface area contributed by atoms with Crippen molar-refractivity contribution in [3.05, 3.63) is 39.0 Å². The first kappa shape index (κ1) is 11.2. The fourth-order valence-electron chi connectivity index (χ4n) is 2.25. The maximum atomic E-state index is 4.03. The van der Waals surface area contributed by atoms with Crippen molar-refractivity contribution in [1.82, 2.24) is 9.97 Å². The van der Waals surface area contributed by atoms with E-state index in [0.29, 0.717) is 6.04 Å². The van der Waals surface area contributed by atoms with E-state index in [1.54, 1.807) is 6.33 Å². The van der Waals surface area contributed by atoms with Crippen LogP contribution in [0.1, 0.15) is 29.3 Å². The summed E-state index contributed by atoms with van der Waals surface area (Å²) in [5.74, 6) is 0. The summed E-state index contributed by atoms with van der Waals surface area (Å²) < 4.78 is 1.22. The third-order valence-corrected chi connectivity index (χ3v) is 4.70. The van der Waals surface area contributed by atoms with Gasteiger partial charge in [0, 0.05) is 4.88 Å². The molecule has 0 amide bonds. The summed E-state index contributed by atoms with van der Waals surface area (Å²) in [6.45, 7) is 0. The molecule has 0 radical (unpaired) electrons. The predicted octanol–water partition coefficient (Wildman–Crippen LogP) is 3.79. The third-order valence-electron chi connectivity index (χ3n) is 2.99. The lowest BCUT2D eigenvalue weighted by Crippen LogP contribution is -2.15. The van der Waals surface area contributed by atoms with Gasteiger partial charge in [0.15, 0.2) is 0 Å². The van der Waals surface area contributed by atoms with Gasteiger partial charge < -0.3 is 5.32 Å². The van der Waals surface area contributed by atoms with Crippen molar-refractivity contribution in [3.63, 3.8) is 0 Å². The molecular formula is C12H12BrN3S. The van der Waals surface area contributed by atoms with Crippen LogP contribution < -0.4 is 5.32 Å². The summed E-state index contributed by atoms with van der Waals surface area (Å²) >= 11 is 5.42. The maximum absolute atomic E-state index is 4.03. The van der Waals surface area contributed by atoms with E-state index >= 15 is 0 Å². The lowest BCUT2D eigenvalue weighted by molar-refractivity contribution is 0.608. The van der Waals surface area contributed by atoms with E-state index in [2.05, 4.69) is 37.3 Å². The molecule has 2 aromatic heterocycles. The Bertz CT molecular complexity index is 512. The van der Waals surface area contributed by atoms with Crippen LogP contribution in [0.25, 0.3) is 0 Å². The Morgan fingerprint density at radius 2 is 2.18 bits per heavy atom. The number of hydrogen-bond acceptors (Lipinski definition) is 4. The normalized spacial score (nSPS) is 18.8. The highest BCUT2D eigenvalue weighted by molar-refractivity contribution is 9.11. The molecule has 0 fully saturated rings. The van der Waals surface area contributed by atoms with Crippen molar-refractivity contribution in [2.45, 2.75) is 25.3 Å². The van der Waals surface area contributed by atoms with Gasteiger partial charge in [0.2, 0.25) is 0 Å². The number of aryl methyl sites for hydroxylation is 1. The average molecular weight is 310 g/mol. The first-order chi connectivity index (χ1) is 8.33. The van der Waals surface area contributed by atoms with Crippen molar-refractivity contribution in [3.8, 4) is 0 Å². The summed E-state index contributed by atoms with van der Waals surface area (Å²) in [7, 11) is 0. The van der Waals surface area contributed by atoms with Gasteiger partial charge in [0.05, 0.1) is 27.9 Å². The molecule has 1 unspecified atom stereocenters. The number of nitrogens with zero attached hydrogens (tertiary/aromatic N) is 2. The summed E-state index contributed by atoms with van der Waals surface area (Å²) in [5.41, 5.74) is 2.42. The van der Waals surface area contributed by atoms with Gasteiger partial charge in [0.1, 0.15) is 6.33 Å². The van der Waals surface area contributed by atoms with E-state index in [-0.39, 0.29) is 0 Å². The molecule has 0 spiro atoms. The van der Waals surface area contributed by atoms with Crippen LogP contribution in [0.5, 0.6) is 0 Å². The highest BCUT2D eigenvalue weighted by Gasteiger charge is 2.22. The molecule has 3 nitrogen and oxygen atoms in total. The van der Waals surface area contributed by atoms with Crippen LogP contribution in [0, 0.1) is 0 Å². The van der Waals surface area contributed by atoms with E-state index in [1.807, 2.05) is 23.7 Å². The number of nitrogens with one attached hydrogen (secondary N) is 1. The zero-order valence-corrected chi connectivity index (χ0v) is 11.6. The van der Waals surface area contributed by atoms with Gasteiger partial charge in [-0.2, -0.15) is 0 Å². The first-order valence-electron chi connectivity index (χ1n) is 5.62. The fourth-order valence-corrected chi connectivity index (χ4v) is 4.07. The Morgan fingerprint density at radius 1 is 1.35 bits per heavy atom. The molecule has 1 N–H and O–H groups in total. The van der Waals surface area contributed by atoms with Crippen LogP contribution in [0.3, 0.4) is 0 Å². The van der Waals surface area contributed by atoms with Crippen LogP contribution in [0.15, 0.2) is 28.6 Å². The summed E-state index contributed by atoms with van der Waals surface area (Å²) in [6, 6.07) is 2.63. The van der Waals surface area contributed by atoms with Crippen LogP contribution >= 0.6 is 27.3 Å². The Morgan fingerprint density at radius 3 is 3.00 bits per heavy atom. The van der Waals surface area contributed by atoms with Crippen molar-refractivity contribution in [2.24, 2.45) is 0 Å². The Hall–Kier alpha value is -0.940. The molecule has 0 bridgehead atoms. The van der Waals surface area contributed by atoms with Gasteiger partial charge in [-0.05, 0) is 46.8 Å². The van der Waals surface area contributed by atoms with Gasteiger partial charge >= 0.3 is 0 Å². The molecule has 3 rings (SSSR count). The maximum Gasteiger partial charge on any atom is 0.115 e. The van der Waals surface area contributed by atoms with E-state index in [4.69, 9.17) is 0 Å². The number of thiophene rings is 1. The second-order valence-electron chi connectivity index (χ2n) is 4.15. The highest BCUT2D eigenvalue weighted by atomic mass is 79.9. The number of halogens is 1. The number of aromatic nitrogens is 2. The minimum Gasteiger partial charge on any atom is -0.376 e. The van der Waals surface area contributed by atoms with Gasteiger partial charge in [-0.15, -0.1) is 11.3 Å². The van der Waals surface area contributed by atoms with Gasteiger partial charge in [-0.1, -0.05) is 0 Å². The Kier molecular flexibility index (Phi) is 3.11. The van der Waals surface area contributed by atoms with Crippen LogP contribution in [-0.4, -0.2) is 9.97 Å². The van der Waals surface area contributed by atoms with Crippen LogP contribution in [0.2, 0.25) is 0 Å². The Labute approximate surface area is 112 Å². The molecule has 17 heavy (non-hydrogen) atoms. The minimum atomic E-state index is 0.396. The highest BCUT2D eigenvalue weighted by Crippen LogP contribution is 2.39. The standard InChI is InChI=1S/C12H12BrN3S/c13-12-4-9-10(2-1-3-11(9)17-12)16-8-5-14-7-15-6-8/h4-7,10,16H,1-3H2.